The van der Waals surface area contributed by atoms with Gasteiger partial charge in [-0.1, -0.05) is 0 Å². The molecule has 1 aromatic rings. The third-order valence-electron chi connectivity index (χ3n) is 3.36. The summed E-state index contributed by atoms with van der Waals surface area (Å²) in [4.78, 5) is 37.5. The minimum absolute atomic E-state index is 0.237. The fraction of sp³-hybridized carbons (Fsp3) is 0.389. The van der Waals surface area contributed by atoms with Crippen LogP contribution in [0.15, 0.2) is 17.0 Å². The molecule has 1 aliphatic rings. The van der Waals surface area contributed by atoms with Crippen molar-refractivity contribution >= 4 is 57.5 Å². The molecular formula is C18H20INO6S. The van der Waals surface area contributed by atoms with Crippen LogP contribution in [-0.4, -0.2) is 48.4 Å². The SMILES string of the molecule is CCOc1cc(/C=C2\SC(=O)N(CC(=O)OC(C)C)C2=O)cc(I)c1OC. The van der Waals surface area contributed by atoms with Crippen molar-refractivity contribution in [1.29, 1.82) is 0 Å². The smallest absolute Gasteiger partial charge is 0.326 e. The van der Waals surface area contributed by atoms with Gasteiger partial charge in [-0.3, -0.25) is 19.3 Å². The summed E-state index contributed by atoms with van der Waals surface area (Å²) in [6.07, 6.45) is 1.29. The van der Waals surface area contributed by atoms with E-state index in [-0.39, 0.29) is 11.0 Å². The second kappa shape index (κ2) is 9.45. The lowest BCUT2D eigenvalue weighted by atomic mass is 10.2. The molecule has 0 radical (unpaired) electrons. The van der Waals surface area contributed by atoms with Gasteiger partial charge in [0.15, 0.2) is 11.5 Å². The van der Waals surface area contributed by atoms with E-state index in [2.05, 4.69) is 22.6 Å². The first-order valence-corrected chi connectivity index (χ1v) is 10.1. The van der Waals surface area contributed by atoms with E-state index in [4.69, 9.17) is 14.2 Å². The molecule has 0 bridgehead atoms. The Morgan fingerprint density at radius 2 is 2.04 bits per heavy atom. The van der Waals surface area contributed by atoms with E-state index in [0.29, 0.717) is 23.7 Å². The number of carbonyl (C=O) groups excluding carboxylic acids is 3. The Morgan fingerprint density at radius 1 is 1.33 bits per heavy atom. The second-order valence-electron chi connectivity index (χ2n) is 5.77. The van der Waals surface area contributed by atoms with Gasteiger partial charge in [-0.15, -0.1) is 0 Å². The van der Waals surface area contributed by atoms with Gasteiger partial charge in [-0.2, -0.15) is 0 Å². The standard InChI is InChI=1S/C18H20INO6S/c1-5-25-13-7-11(6-12(19)16(13)24-4)8-14-17(22)20(18(23)27-14)9-15(21)26-10(2)3/h6-8,10H,5,9H2,1-4H3/b14-8-. The van der Waals surface area contributed by atoms with Crippen LogP contribution in [0.5, 0.6) is 11.5 Å². The molecule has 1 heterocycles. The van der Waals surface area contributed by atoms with Crippen molar-refractivity contribution in [3.8, 4) is 11.5 Å². The molecule has 7 nitrogen and oxygen atoms in total. The van der Waals surface area contributed by atoms with E-state index in [9.17, 15) is 14.4 Å². The summed E-state index contributed by atoms with van der Waals surface area (Å²) >= 11 is 2.90. The maximum absolute atomic E-state index is 12.5. The number of methoxy groups -OCH3 is 1. The van der Waals surface area contributed by atoms with Crippen LogP contribution < -0.4 is 9.47 Å². The highest BCUT2D eigenvalue weighted by atomic mass is 127. The van der Waals surface area contributed by atoms with Gasteiger partial charge in [0, 0.05) is 0 Å². The molecule has 27 heavy (non-hydrogen) atoms. The molecule has 1 aromatic carbocycles. The maximum Gasteiger partial charge on any atom is 0.326 e. The first-order valence-electron chi connectivity index (χ1n) is 8.22. The molecule has 0 N–H and O–H groups in total. The molecule has 0 spiro atoms. The molecule has 0 saturated carbocycles. The summed E-state index contributed by atoms with van der Waals surface area (Å²) in [5.74, 6) is 0.0256. The fourth-order valence-corrected chi connectivity index (χ4v) is 4.03. The van der Waals surface area contributed by atoms with Gasteiger partial charge in [0.1, 0.15) is 6.54 Å². The number of hydrogen-bond donors (Lipinski definition) is 0. The van der Waals surface area contributed by atoms with E-state index in [1.54, 1.807) is 33.1 Å². The number of benzene rings is 1. The van der Waals surface area contributed by atoms with Crippen LogP contribution in [0.25, 0.3) is 6.08 Å². The molecule has 1 aliphatic heterocycles. The van der Waals surface area contributed by atoms with Gasteiger partial charge in [0.25, 0.3) is 11.1 Å². The van der Waals surface area contributed by atoms with E-state index < -0.39 is 23.7 Å². The molecular weight excluding hydrogens is 485 g/mol. The quantitative estimate of drug-likeness (QED) is 0.318. The normalized spacial score (nSPS) is 15.6. The average molecular weight is 505 g/mol. The predicted molar refractivity (Wildman–Crippen MR) is 111 cm³/mol. The minimum Gasteiger partial charge on any atom is -0.492 e. The number of ether oxygens (including phenoxy) is 3. The minimum atomic E-state index is -0.619. The molecule has 1 saturated heterocycles. The van der Waals surface area contributed by atoms with Crippen molar-refractivity contribution in [3.63, 3.8) is 0 Å². The van der Waals surface area contributed by atoms with Crippen molar-refractivity contribution in [2.75, 3.05) is 20.3 Å². The van der Waals surface area contributed by atoms with Gasteiger partial charge < -0.3 is 14.2 Å². The lowest BCUT2D eigenvalue weighted by molar-refractivity contribution is -0.149. The van der Waals surface area contributed by atoms with Crippen molar-refractivity contribution < 1.29 is 28.6 Å². The van der Waals surface area contributed by atoms with Crippen LogP contribution >= 0.6 is 34.4 Å². The third-order valence-corrected chi connectivity index (χ3v) is 5.07. The summed E-state index contributed by atoms with van der Waals surface area (Å²) in [6, 6.07) is 3.56. The molecule has 2 rings (SSSR count). The molecule has 146 valence electrons. The van der Waals surface area contributed by atoms with Crippen LogP contribution in [0.3, 0.4) is 0 Å². The maximum atomic E-state index is 12.5. The number of hydrogen-bond acceptors (Lipinski definition) is 7. The number of imide groups is 1. The zero-order valence-corrected chi connectivity index (χ0v) is 18.4. The summed E-state index contributed by atoms with van der Waals surface area (Å²) in [5, 5.41) is -0.500. The highest BCUT2D eigenvalue weighted by Crippen LogP contribution is 2.37. The largest absolute Gasteiger partial charge is 0.492 e. The predicted octanol–water partition coefficient (Wildman–Crippen LogP) is 3.69. The monoisotopic (exact) mass is 505 g/mol. The third kappa shape index (κ3) is 5.38. The number of nitrogens with zero attached hydrogens (tertiary/aromatic N) is 1. The van der Waals surface area contributed by atoms with Crippen LogP contribution in [0.1, 0.15) is 26.3 Å². The lowest BCUT2D eigenvalue weighted by Crippen LogP contribution is -2.35. The summed E-state index contributed by atoms with van der Waals surface area (Å²) in [5.41, 5.74) is 0.693. The molecule has 0 atom stereocenters. The Bertz CT molecular complexity index is 792. The summed E-state index contributed by atoms with van der Waals surface area (Å²) < 4.78 is 16.7. The van der Waals surface area contributed by atoms with Crippen molar-refractivity contribution in [1.82, 2.24) is 4.90 Å². The topological polar surface area (TPSA) is 82.1 Å². The zero-order chi connectivity index (χ0) is 20.1. The van der Waals surface area contributed by atoms with Crippen molar-refractivity contribution in [2.45, 2.75) is 26.9 Å². The first-order chi connectivity index (χ1) is 12.8. The van der Waals surface area contributed by atoms with Crippen LogP contribution in [0.4, 0.5) is 4.79 Å². The van der Waals surface area contributed by atoms with E-state index in [1.165, 1.54) is 0 Å². The highest BCUT2D eigenvalue weighted by Gasteiger charge is 2.36. The molecule has 9 heteroatoms. The Balaban J connectivity index is 2.26. The lowest BCUT2D eigenvalue weighted by Gasteiger charge is -2.13. The zero-order valence-electron chi connectivity index (χ0n) is 15.4. The summed E-state index contributed by atoms with van der Waals surface area (Å²) in [7, 11) is 1.56. The van der Waals surface area contributed by atoms with Gasteiger partial charge in [-0.05, 0) is 78.9 Å². The fourth-order valence-electron chi connectivity index (χ4n) is 2.35. The molecule has 0 aliphatic carbocycles. The van der Waals surface area contributed by atoms with Gasteiger partial charge in [0.2, 0.25) is 0 Å². The van der Waals surface area contributed by atoms with Crippen LogP contribution in [0.2, 0.25) is 0 Å². The van der Waals surface area contributed by atoms with Crippen LogP contribution in [0, 0.1) is 3.57 Å². The number of thioether (sulfide) groups is 1. The van der Waals surface area contributed by atoms with E-state index >= 15 is 0 Å². The number of amides is 2. The summed E-state index contributed by atoms with van der Waals surface area (Å²) in [6.45, 7) is 5.33. The molecule has 1 fully saturated rings. The van der Waals surface area contributed by atoms with E-state index in [0.717, 1.165) is 20.2 Å². The number of halogens is 1. The highest BCUT2D eigenvalue weighted by molar-refractivity contribution is 14.1. The van der Waals surface area contributed by atoms with E-state index in [1.807, 2.05) is 13.0 Å². The van der Waals surface area contributed by atoms with Crippen molar-refractivity contribution in [3.05, 3.63) is 26.2 Å². The van der Waals surface area contributed by atoms with Gasteiger partial charge in [0.05, 0.1) is 28.3 Å². The number of carbonyl (C=O) groups is 3. The number of esters is 1. The first kappa shape index (κ1) is 21.5. The van der Waals surface area contributed by atoms with Crippen molar-refractivity contribution in [2.24, 2.45) is 0 Å². The molecule has 0 unspecified atom stereocenters. The number of rotatable bonds is 7. The Morgan fingerprint density at radius 3 is 2.63 bits per heavy atom. The Hall–Kier alpha value is -1.75. The van der Waals surface area contributed by atoms with Gasteiger partial charge >= 0.3 is 5.97 Å². The average Bonchev–Trinajstić information content (AvgIpc) is 2.82. The Labute approximate surface area is 175 Å². The van der Waals surface area contributed by atoms with Crippen LogP contribution in [-0.2, 0) is 14.3 Å². The second-order valence-corrected chi connectivity index (χ2v) is 7.93. The Kier molecular flexibility index (Phi) is 7.54. The molecule has 0 aromatic heterocycles. The van der Waals surface area contributed by atoms with Gasteiger partial charge in [-0.25, -0.2) is 0 Å². The molecule has 2 amide bonds.